The molecule has 0 aliphatic rings. The van der Waals surface area contributed by atoms with E-state index in [4.69, 9.17) is 19.8 Å². The fraction of sp³-hybridized carbons (Fsp3) is 0.217. The van der Waals surface area contributed by atoms with Crippen LogP contribution in [0.3, 0.4) is 0 Å². The van der Waals surface area contributed by atoms with Gasteiger partial charge in [0.25, 0.3) is 5.91 Å². The Balaban J connectivity index is 1.57. The SMILES string of the molecule is CCOc1ccc(/C=N\NC(=O)c2nnn(-c3nonc3N)c2CN(C)c2ccccc2)cc1OC. The number of methoxy groups -OCH3 is 1. The summed E-state index contributed by atoms with van der Waals surface area (Å²) in [6.45, 7) is 2.66. The number of hydrogen-bond acceptors (Lipinski definition) is 11. The molecule has 186 valence electrons. The van der Waals surface area contributed by atoms with Gasteiger partial charge in [-0.2, -0.15) is 9.78 Å². The molecule has 1 amide bonds. The largest absolute Gasteiger partial charge is 0.493 e. The lowest BCUT2D eigenvalue weighted by atomic mass is 10.2. The van der Waals surface area contributed by atoms with Crippen LogP contribution in [-0.4, -0.2) is 58.2 Å². The summed E-state index contributed by atoms with van der Waals surface area (Å²) in [5.74, 6) is 0.745. The number of benzene rings is 2. The number of hydrogen-bond donors (Lipinski definition) is 2. The Morgan fingerprint density at radius 3 is 2.72 bits per heavy atom. The molecule has 0 fully saturated rings. The van der Waals surface area contributed by atoms with Gasteiger partial charge in [0, 0.05) is 12.7 Å². The highest BCUT2D eigenvalue weighted by molar-refractivity contribution is 5.94. The maximum Gasteiger partial charge on any atom is 0.293 e. The van der Waals surface area contributed by atoms with E-state index in [1.54, 1.807) is 25.3 Å². The van der Waals surface area contributed by atoms with E-state index in [9.17, 15) is 4.79 Å². The van der Waals surface area contributed by atoms with E-state index in [-0.39, 0.29) is 23.9 Å². The zero-order valence-corrected chi connectivity index (χ0v) is 20.0. The number of amides is 1. The maximum absolute atomic E-state index is 13.0. The van der Waals surface area contributed by atoms with Crippen LogP contribution in [0.15, 0.2) is 58.3 Å². The molecule has 0 aliphatic heterocycles. The number of para-hydroxylation sites is 1. The second kappa shape index (κ2) is 11.0. The number of hydrazone groups is 1. The Bertz CT molecular complexity index is 1350. The number of carbonyl (C=O) groups is 1. The van der Waals surface area contributed by atoms with E-state index < -0.39 is 5.91 Å². The first kappa shape index (κ1) is 24.2. The first-order valence-corrected chi connectivity index (χ1v) is 10.9. The Morgan fingerprint density at radius 2 is 2.03 bits per heavy atom. The topological polar surface area (TPSA) is 159 Å². The van der Waals surface area contributed by atoms with Crippen molar-refractivity contribution in [2.45, 2.75) is 13.5 Å². The smallest absolute Gasteiger partial charge is 0.293 e. The summed E-state index contributed by atoms with van der Waals surface area (Å²) in [5.41, 5.74) is 10.4. The average molecular weight is 492 g/mol. The van der Waals surface area contributed by atoms with Crippen molar-refractivity contribution >= 4 is 23.6 Å². The highest BCUT2D eigenvalue weighted by atomic mass is 16.6. The molecular formula is C23H25N9O4. The van der Waals surface area contributed by atoms with Crippen LogP contribution in [0.5, 0.6) is 11.5 Å². The molecule has 0 bridgehead atoms. The third-order valence-electron chi connectivity index (χ3n) is 5.13. The first-order valence-electron chi connectivity index (χ1n) is 10.9. The van der Waals surface area contributed by atoms with Crippen molar-refractivity contribution in [1.82, 2.24) is 30.7 Å². The monoisotopic (exact) mass is 491 g/mol. The van der Waals surface area contributed by atoms with Gasteiger partial charge >= 0.3 is 0 Å². The fourth-order valence-corrected chi connectivity index (χ4v) is 3.38. The molecule has 3 N–H and O–H groups in total. The molecule has 13 heteroatoms. The predicted octanol–water partition coefficient (Wildman–Crippen LogP) is 2.04. The number of nitrogens with two attached hydrogens (primary N) is 1. The van der Waals surface area contributed by atoms with Gasteiger partial charge in [0.05, 0.1) is 32.2 Å². The summed E-state index contributed by atoms with van der Waals surface area (Å²) in [5, 5.41) is 19.5. The molecule has 4 aromatic rings. The number of rotatable bonds is 10. The molecule has 0 unspecified atom stereocenters. The van der Waals surface area contributed by atoms with Crippen molar-refractivity contribution in [2.75, 3.05) is 31.4 Å². The molecule has 0 radical (unpaired) electrons. The molecule has 2 heterocycles. The molecule has 0 saturated heterocycles. The van der Waals surface area contributed by atoms with Gasteiger partial charge in [-0.1, -0.05) is 23.4 Å². The van der Waals surface area contributed by atoms with E-state index >= 15 is 0 Å². The van der Waals surface area contributed by atoms with Crippen molar-refractivity contribution in [3.63, 3.8) is 0 Å². The Kier molecular flexibility index (Phi) is 7.39. The minimum absolute atomic E-state index is 0.0120. The van der Waals surface area contributed by atoms with Gasteiger partial charge in [-0.25, -0.2) is 10.1 Å². The van der Waals surface area contributed by atoms with Gasteiger partial charge in [-0.05, 0) is 53.1 Å². The number of nitrogen functional groups attached to an aromatic ring is 1. The standard InChI is InChI=1S/C23H25N9O4/c1-4-35-18-11-10-15(12-19(18)34-3)13-25-27-23(33)20-17(14-31(2)16-8-6-5-7-9-16)32(30-26-20)22-21(24)28-36-29-22/h5-13H,4,14H2,1-3H3,(H2,24,28)(H,27,33)/b25-13-. The highest BCUT2D eigenvalue weighted by Gasteiger charge is 2.25. The van der Waals surface area contributed by atoms with E-state index in [0.717, 1.165) is 5.69 Å². The van der Waals surface area contributed by atoms with Crippen LogP contribution in [0.25, 0.3) is 5.82 Å². The molecule has 0 atom stereocenters. The Labute approximate surface area is 206 Å². The van der Waals surface area contributed by atoms with Gasteiger partial charge in [0.2, 0.25) is 11.6 Å². The molecule has 0 spiro atoms. The number of anilines is 2. The normalized spacial score (nSPS) is 11.0. The van der Waals surface area contributed by atoms with E-state index in [2.05, 4.69) is 31.2 Å². The van der Waals surface area contributed by atoms with Gasteiger partial charge in [0.15, 0.2) is 17.2 Å². The van der Waals surface area contributed by atoms with Crippen LogP contribution in [0.1, 0.15) is 28.7 Å². The average Bonchev–Trinajstić information content (AvgIpc) is 3.50. The summed E-state index contributed by atoms with van der Waals surface area (Å²) < 4.78 is 16.9. The lowest BCUT2D eigenvalue weighted by molar-refractivity contribution is 0.0949. The Hall–Kier alpha value is -4.94. The number of ether oxygens (including phenoxy) is 2. The quantitative estimate of drug-likeness (QED) is 0.248. The van der Waals surface area contributed by atoms with E-state index in [1.165, 1.54) is 10.9 Å². The predicted molar refractivity (Wildman–Crippen MR) is 131 cm³/mol. The summed E-state index contributed by atoms with van der Waals surface area (Å²) in [4.78, 5) is 14.9. The van der Waals surface area contributed by atoms with Crippen molar-refractivity contribution in [3.8, 4) is 17.3 Å². The van der Waals surface area contributed by atoms with Crippen LogP contribution in [0, 0.1) is 0 Å². The third kappa shape index (κ3) is 5.24. The fourth-order valence-electron chi connectivity index (χ4n) is 3.38. The lowest BCUT2D eigenvalue weighted by Gasteiger charge is -2.19. The van der Waals surface area contributed by atoms with Crippen molar-refractivity contribution in [1.29, 1.82) is 0 Å². The van der Waals surface area contributed by atoms with Gasteiger partial charge < -0.3 is 20.1 Å². The van der Waals surface area contributed by atoms with E-state index in [1.807, 2.05) is 49.2 Å². The van der Waals surface area contributed by atoms with Gasteiger partial charge in [-0.15, -0.1) is 5.10 Å². The second-order valence-electron chi connectivity index (χ2n) is 7.50. The van der Waals surface area contributed by atoms with Crippen molar-refractivity contribution in [3.05, 3.63) is 65.5 Å². The summed E-state index contributed by atoms with van der Waals surface area (Å²) in [6.07, 6.45) is 1.48. The molecule has 13 nitrogen and oxygen atoms in total. The maximum atomic E-state index is 13.0. The minimum Gasteiger partial charge on any atom is -0.493 e. The Morgan fingerprint density at radius 1 is 1.22 bits per heavy atom. The zero-order chi connectivity index (χ0) is 25.5. The van der Waals surface area contributed by atoms with Crippen LogP contribution in [-0.2, 0) is 6.54 Å². The number of aromatic nitrogens is 5. The molecule has 0 aliphatic carbocycles. The second-order valence-corrected chi connectivity index (χ2v) is 7.50. The molecular weight excluding hydrogens is 466 g/mol. The third-order valence-corrected chi connectivity index (χ3v) is 5.13. The minimum atomic E-state index is -0.568. The first-order chi connectivity index (χ1) is 17.5. The van der Waals surface area contributed by atoms with Crippen LogP contribution in [0.2, 0.25) is 0 Å². The van der Waals surface area contributed by atoms with Gasteiger partial charge in [-0.3, -0.25) is 4.79 Å². The number of nitrogens with one attached hydrogen (secondary N) is 1. The molecule has 0 saturated carbocycles. The zero-order valence-electron chi connectivity index (χ0n) is 20.0. The van der Waals surface area contributed by atoms with Crippen LogP contribution >= 0.6 is 0 Å². The summed E-state index contributed by atoms with van der Waals surface area (Å²) in [7, 11) is 3.42. The van der Waals surface area contributed by atoms with Crippen molar-refractivity contribution < 1.29 is 18.9 Å². The lowest BCUT2D eigenvalue weighted by Crippen LogP contribution is -2.24. The molecule has 2 aromatic heterocycles. The van der Waals surface area contributed by atoms with Crippen LogP contribution in [0.4, 0.5) is 11.5 Å². The van der Waals surface area contributed by atoms with E-state index in [0.29, 0.717) is 29.4 Å². The highest BCUT2D eigenvalue weighted by Crippen LogP contribution is 2.27. The molecule has 2 aromatic carbocycles. The summed E-state index contributed by atoms with van der Waals surface area (Å²) in [6, 6.07) is 14.9. The molecule has 4 rings (SSSR count). The van der Waals surface area contributed by atoms with Crippen molar-refractivity contribution in [2.24, 2.45) is 5.10 Å². The number of carbonyl (C=O) groups excluding carboxylic acids is 1. The summed E-state index contributed by atoms with van der Waals surface area (Å²) >= 11 is 0. The van der Waals surface area contributed by atoms with Crippen LogP contribution < -0.4 is 25.5 Å². The number of nitrogens with zero attached hydrogens (tertiary/aromatic N) is 7. The van der Waals surface area contributed by atoms with Gasteiger partial charge in [0.1, 0.15) is 0 Å². The molecule has 36 heavy (non-hydrogen) atoms.